The summed E-state index contributed by atoms with van der Waals surface area (Å²) >= 11 is 14.0. The minimum absolute atomic E-state index is 0.150. The largest absolute Gasteiger partial charge is 0.487 e. The van der Waals surface area contributed by atoms with Gasteiger partial charge in [-0.3, -0.25) is 4.90 Å². The van der Waals surface area contributed by atoms with Gasteiger partial charge in [0.1, 0.15) is 37.1 Å². The summed E-state index contributed by atoms with van der Waals surface area (Å²) in [7, 11) is 0. The number of halogens is 2. The Bertz CT molecular complexity index is 2260. The third-order valence-electron chi connectivity index (χ3n) is 10.1. The molecule has 0 aliphatic carbocycles. The lowest BCUT2D eigenvalue weighted by atomic mass is 9.89. The maximum absolute atomic E-state index is 11.2. The second-order valence-electron chi connectivity index (χ2n) is 14.2. The fourth-order valence-corrected chi connectivity index (χ4v) is 7.49. The first-order chi connectivity index (χ1) is 28.4. The molecule has 0 aromatic heterocycles. The molecule has 7 rings (SSSR count). The van der Waals surface area contributed by atoms with Gasteiger partial charge in [0.25, 0.3) is 0 Å². The molecule has 0 spiro atoms. The summed E-state index contributed by atoms with van der Waals surface area (Å²) in [6.07, 6.45) is 0. The summed E-state index contributed by atoms with van der Waals surface area (Å²) in [5, 5.41) is 12.2. The number of hydrogen-bond donors (Lipinski definition) is 2. The lowest BCUT2D eigenvalue weighted by Crippen LogP contribution is -2.35. The highest BCUT2D eigenvalue weighted by Gasteiger charge is 2.27. The molecule has 0 saturated carbocycles. The molecular formula is C50H46Cl2N2O4. The Morgan fingerprint density at radius 2 is 0.879 bits per heavy atom. The van der Waals surface area contributed by atoms with E-state index in [1.54, 1.807) is 0 Å². The zero-order valence-corrected chi connectivity index (χ0v) is 33.6. The quantitative estimate of drug-likeness (QED) is 0.0841. The number of anilines is 1. The van der Waals surface area contributed by atoms with Crippen LogP contribution in [0.3, 0.4) is 0 Å². The maximum atomic E-state index is 11.2. The second kappa shape index (κ2) is 20.1. The van der Waals surface area contributed by atoms with Crippen molar-refractivity contribution in [1.82, 2.24) is 4.90 Å². The molecule has 7 aromatic carbocycles. The van der Waals surface area contributed by atoms with Crippen LogP contribution in [0, 0.1) is 0 Å². The van der Waals surface area contributed by atoms with Crippen LogP contribution < -0.4 is 19.9 Å². The third kappa shape index (κ3) is 10.8. The molecule has 8 heteroatoms. The van der Waals surface area contributed by atoms with Gasteiger partial charge in [0.2, 0.25) is 0 Å². The third-order valence-corrected chi connectivity index (χ3v) is 10.7. The predicted molar refractivity (Wildman–Crippen MR) is 235 cm³/mol. The predicted octanol–water partition coefficient (Wildman–Crippen LogP) is 11.7. The van der Waals surface area contributed by atoms with E-state index in [-0.39, 0.29) is 12.5 Å². The summed E-state index contributed by atoms with van der Waals surface area (Å²) in [6, 6.07) is 57.4. The summed E-state index contributed by atoms with van der Waals surface area (Å²) in [5.41, 5.74) is 14.2. The van der Waals surface area contributed by atoms with Crippen molar-refractivity contribution in [2.75, 3.05) is 18.9 Å². The molecule has 0 aliphatic rings. The topological polar surface area (TPSA) is 77.2 Å². The molecule has 0 unspecified atom stereocenters. The average Bonchev–Trinajstić information content (AvgIpc) is 3.26. The summed E-state index contributed by atoms with van der Waals surface area (Å²) in [6.45, 7) is 2.08. The second-order valence-corrected chi connectivity index (χ2v) is 15.0. The molecule has 1 atom stereocenters. The van der Waals surface area contributed by atoms with Gasteiger partial charge in [0, 0.05) is 19.0 Å². The lowest BCUT2D eigenvalue weighted by Gasteiger charge is -2.35. The van der Waals surface area contributed by atoms with Crippen molar-refractivity contribution in [2.45, 2.75) is 38.3 Å². The molecule has 58 heavy (non-hydrogen) atoms. The summed E-state index contributed by atoms with van der Waals surface area (Å²) < 4.78 is 18.4. The maximum Gasteiger partial charge on any atom is 0.142 e. The standard InChI is InChI=1S/C50H46Cl2N2O4/c51-44-27-40(21-24-48(44)56-33-37-15-7-2-8-16-37)43(41-22-25-49(45(52)28-41)57-34-38-17-9-3-10-18-38)31-54(30-36-13-5-1-6-14-36)47(32-55)42-23-26-50(46(53)29-42)58-35-39-19-11-4-12-20-39/h1-29,43,47,55H,30-35,53H2/t47-/m0/s1. The molecular weight excluding hydrogens is 763 g/mol. The number of aliphatic hydroxyl groups is 1. The Balaban J connectivity index is 1.21. The van der Waals surface area contributed by atoms with Gasteiger partial charge in [-0.05, 0) is 75.3 Å². The molecule has 0 aliphatic heterocycles. The number of ether oxygens (including phenoxy) is 3. The van der Waals surface area contributed by atoms with Gasteiger partial charge in [-0.1, -0.05) is 163 Å². The SMILES string of the molecule is Nc1cc([C@H](CO)N(Cc2ccccc2)CC(c2ccc(OCc3ccccc3)c(Cl)c2)c2ccc(OCc3ccccc3)c(Cl)c2)ccc1OCc1ccccc1. The van der Waals surface area contributed by atoms with Gasteiger partial charge in [-0.25, -0.2) is 0 Å². The van der Waals surface area contributed by atoms with Gasteiger partial charge < -0.3 is 25.1 Å². The van der Waals surface area contributed by atoms with E-state index in [2.05, 4.69) is 29.2 Å². The van der Waals surface area contributed by atoms with E-state index in [1.807, 2.05) is 152 Å². The van der Waals surface area contributed by atoms with Gasteiger partial charge >= 0.3 is 0 Å². The number of hydrogen-bond acceptors (Lipinski definition) is 6. The Morgan fingerprint density at radius 1 is 0.483 bits per heavy atom. The van der Waals surface area contributed by atoms with Crippen LogP contribution in [0.15, 0.2) is 176 Å². The Kier molecular flexibility index (Phi) is 14.0. The van der Waals surface area contributed by atoms with Crippen LogP contribution in [-0.4, -0.2) is 23.2 Å². The molecule has 0 amide bonds. The van der Waals surface area contributed by atoms with Gasteiger partial charge in [0.05, 0.1) is 28.4 Å². The lowest BCUT2D eigenvalue weighted by molar-refractivity contribution is 0.113. The van der Waals surface area contributed by atoms with E-state index in [0.717, 1.165) is 38.9 Å². The van der Waals surface area contributed by atoms with E-state index < -0.39 is 6.04 Å². The summed E-state index contributed by atoms with van der Waals surface area (Å²) in [4.78, 5) is 2.28. The van der Waals surface area contributed by atoms with Crippen LogP contribution >= 0.6 is 23.2 Å². The van der Waals surface area contributed by atoms with Crippen molar-refractivity contribution in [3.63, 3.8) is 0 Å². The van der Waals surface area contributed by atoms with Crippen molar-refractivity contribution in [2.24, 2.45) is 0 Å². The van der Waals surface area contributed by atoms with Crippen molar-refractivity contribution < 1.29 is 19.3 Å². The first kappa shape index (κ1) is 40.4. The van der Waals surface area contributed by atoms with Gasteiger partial charge in [-0.2, -0.15) is 0 Å². The van der Waals surface area contributed by atoms with Crippen LogP contribution in [-0.2, 0) is 26.4 Å². The van der Waals surface area contributed by atoms with Crippen molar-refractivity contribution in [3.05, 3.63) is 225 Å². The van der Waals surface area contributed by atoms with E-state index in [0.29, 0.717) is 65.9 Å². The van der Waals surface area contributed by atoms with Crippen LogP contribution in [0.25, 0.3) is 0 Å². The first-order valence-electron chi connectivity index (χ1n) is 19.3. The monoisotopic (exact) mass is 808 g/mol. The summed E-state index contributed by atoms with van der Waals surface area (Å²) in [5.74, 6) is 1.54. The highest BCUT2D eigenvalue weighted by Crippen LogP contribution is 2.38. The van der Waals surface area contributed by atoms with Crippen molar-refractivity contribution in [1.29, 1.82) is 0 Å². The highest BCUT2D eigenvalue weighted by atomic mass is 35.5. The molecule has 0 fully saturated rings. The number of nitrogens with zero attached hydrogens (tertiary/aromatic N) is 1. The van der Waals surface area contributed by atoms with E-state index in [1.165, 1.54) is 0 Å². The van der Waals surface area contributed by atoms with Gasteiger partial charge in [0.15, 0.2) is 0 Å². The smallest absolute Gasteiger partial charge is 0.142 e. The zero-order valence-electron chi connectivity index (χ0n) is 32.1. The van der Waals surface area contributed by atoms with Crippen molar-refractivity contribution >= 4 is 28.9 Å². The highest BCUT2D eigenvalue weighted by molar-refractivity contribution is 6.32. The number of nitrogen functional groups attached to an aromatic ring is 1. The fourth-order valence-electron chi connectivity index (χ4n) is 7.00. The van der Waals surface area contributed by atoms with Crippen LogP contribution in [0.2, 0.25) is 10.0 Å². The molecule has 0 heterocycles. The van der Waals surface area contributed by atoms with E-state index in [9.17, 15) is 5.11 Å². The zero-order chi connectivity index (χ0) is 40.1. The van der Waals surface area contributed by atoms with Crippen LogP contribution in [0.4, 0.5) is 5.69 Å². The molecule has 0 bridgehead atoms. The average molecular weight is 810 g/mol. The molecule has 0 radical (unpaired) electrons. The van der Waals surface area contributed by atoms with Gasteiger partial charge in [-0.15, -0.1) is 0 Å². The Labute approximate surface area is 351 Å². The number of aliphatic hydroxyl groups excluding tert-OH is 1. The first-order valence-corrected chi connectivity index (χ1v) is 20.1. The van der Waals surface area contributed by atoms with Crippen LogP contribution in [0.1, 0.15) is 50.9 Å². The molecule has 7 aromatic rings. The molecule has 294 valence electrons. The molecule has 0 saturated heterocycles. The molecule has 6 nitrogen and oxygen atoms in total. The Morgan fingerprint density at radius 3 is 1.29 bits per heavy atom. The van der Waals surface area contributed by atoms with E-state index in [4.69, 9.17) is 43.1 Å². The number of rotatable bonds is 18. The molecule has 3 N–H and O–H groups in total. The Hall–Kier alpha value is -5.76. The minimum Gasteiger partial charge on any atom is -0.487 e. The number of nitrogens with two attached hydrogens (primary N) is 1. The fraction of sp³-hybridized carbons (Fsp3) is 0.160. The van der Waals surface area contributed by atoms with E-state index >= 15 is 0 Å². The number of benzene rings is 7. The normalized spacial score (nSPS) is 11.7. The minimum atomic E-state index is -0.416. The van der Waals surface area contributed by atoms with Crippen molar-refractivity contribution in [3.8, 4) is 17.2 Å². The van der Waals surface area contributed by atoms with Crippen LogP contribution in [0.5, 0.6) is 17.2 Å².